The zero-order chi connectivity index (χ0) is 23.6. The van der Waals surface area contributed by atoms with Crippen molar-refractivity contribution in [3.8, 4) is 11.5 Å². The minimum atomic E-state index is -1.27. The molecule has 34 heavy (non-hydrogen) atoms. The number of benzene rings is 3. The third kappa shape index (κ3) is 2.90. The molecule has 0 saturated carbocycles. The number of hydrogen-bond acceptors (Lipinski definition) is 5. The third-order valence-corrected chi connectivity index (χ3v) is 7.38. The number of Topliss-reactive ketones (excluding diaryl/α,β-unsaturated/α-hetero) is 1. The summed E-state index contributed by atoms with van der Waals surface area (Å²) in [5.41, 5.74) is 1.22. The van der Waals surface area contributed by atoms with E-state index in [0.717, 1.165) is 5.56 Å². The lowest BCUT2D eigenvalue weighted by Crippen LogP contribution is -2.51. The number of hydrogen-bond donors (Lipinski definition) is 1. The fourth-order valence-corrected chi connectivity index (χ4v) is 5.82. The van der Waals surface area contributed by atoms with Crippen molar-refractivity contribution in [3.05, 3.63) is 88.2 Å². The first kappa shape index (κ1) is 21.1. The Labute approximate surface area is 200 Å². The summed E-state index contributed by atoms with van der Waals surface area (Å²) in [7, 11) is 1.83. The van der Waals surface area contributed by atoms with Crippen molar-refractivity contribution in [2.75, 3.05) is 25.7 Å². The molecule has 3 aliphatic heterocycles. The molecule has 8 heteroatoms. The molecule has 0 aliphatic carbocycles. The number of fused-ring (bicyclic) bond motifs is 3. The number of halogens is 2. The van der Waals surface area contributed by atoms with Gasteiger partial charge in [0.15, 0.2) is 17.3 Å². The topological polar surface area (TPSA) is 67.9 Å². The number of carbonyl (C=O) groups is 2. The van der Waals surface area contributed by atoms with Crippen molar-refractivity contribution in [3.63, 3.8) is 0 Å². The average molecular weight is 479 g/mol. The normalized spacial score (nSPS) is 25.0. The Bertz CT molecular complexity index is 1350. The van der Waals surface area contributed by atoms with Crippen LogP contribution < -0.4 is 14.8 Å². The van der Waals surface area contributed by atoms with Crippen LogP contribution in [0.4, 0.5) is 10.1 Å². The number of amides is 1. The van der Waals surface area contributed by atoms with Gasteiger partial charge in [-0.1, -0.05) is 23.7 Å². The van der Waals surface area contributed by atoms with Crippen LogP contribution in [0.5, 0.6) is 11.5 Å². The van der Waals surface area contributed by atoms with Gasteiger partial charge in [0, 0.05) is 34.3 Å². The molecule has 0 aromatic heterocycles. The summed E-state index contributed by atoms with van der Waals surface area (Å²) in [5.74, 6) is -0.943. The Morgan fingerprint density at radius 3 is 2.65 bits per heavy atom. The first-order valence-corrected chi connectivity index (χ1v) is 11.3. The van der Waals surface area contributed by atoms with Crippen LogP contribution in [-0.2, 0) is 10.3 Å². The van der Waals surface area contributed by atoms with Crippen molar-refractivity contribution >= 4 is 29.0 Å². The highest BCUT2D eigenvalue weighted by atomic mass is 35.5. The van der Waals surface area contributed by atoms with E-state index in [4.69, 9.17) is 21.1 Å². The number of nitrogens with zero attached hydrogens (tertiary/aromatic N) is 1. The first-order chi connectivity index (χ1) is 16.4. The Morgan fingerprint density at radius 2 is 1.85 bits per heavy atom. The molecule has 1 N–H and O–H groups in total. The maximum Gasteiger partial charge on any atom is 0.250 e. The molecule has 3 aromatic rings. The van der Waals surface area contributed by atoms with Gasteiger partial charge in [-0.3, -0.25) is 14.5 Å². The molecule has 1 fully saturated rings. The van der Waals surface area contributed by atoms with Crippen LogP contribution in [0, 0.1) is 11.7 Å². The maximum atomic E-state index is 14.2. The minimum absolute atomic E-state index is 0.0928. The maximum absolute atomic E-state index is 14.2. The SMILES string of the molecule is CN1C[C@H](c2ccc(F)cc2)[C@@H](C(=O)c2ccc3c(c2)OCO3)[C@@]12C(=O)Nc1ccc(Cl)cc12. The summed E-state index contributed by atoms with van der Waals surface area (Å²) in [6, 6.07) is 16.4. The van der Waals surface area contributed by atoms with Gasteiger partial charge < -0.3 is 14.8 Å². The molecule has 3 heterocycles. The van der Waals surface area contributed by atoms with Crippen molar-refractivity contribution in [2.24, 2.45) is 5.92 Å². The van der Waals surface area contributed by atoms with Gasteiger partial charge in [0.1, 0.15) is 11.4 Å². The number of ketones is 1. The fourth-order valence-electron chi connectivity index (χ4n) is 5.65. The van der Waals surface area contributed by atoms with Gasteiger partial charge in [0.05, 0.1) is 5.92 Å². The average Bonchev–Trinajstić information content (AvgIpc) is 3.49. The number of anilines is 1. The van der Waals surface area contributed by atoms with Gasteiger partial charge in [0.2, 0.25) is 12.7 Å². The molecular formula is C26H20ClFN2O4. The molecular weight excluding hydrogens is 459 g/mol. The van der Waals surface area contributed by atoms with E-state index in [1.165, 1.54) is 12.1 Å². The van der Waals surface area contributed by atoms with Crippen LogP contribution in [0.1, 0.15) is 27.4 Å². The lowest BCUT2D eigenvalue weighted by molar-refractivity contribution is -0.126. The van der Waals surface area contributed by atoms with Gasteiger partial charge in [-0.2, -0.15) is 0 Å². The second-order valence-corrected chi connectivity index (χ2v) is 9.30. The predicted octanol–water partition coefficient (Wildman–Crippen LogP) is 4.58. The highest BCUT2D eigenvalue weighted by Gasteiger charge is 2.64. The van der Waals surface area contributed by atoms with Gasteiger partial charge >= 0.3 is 0 Å². The lowest BCUT2D eigenvalue weighted by Gasteiger charge is -2.35. The molecule has 3 aromatic carbocycles. The van der Waals surface area contributed by atoms with E-state index in [-0.39, 0.29) is 30.2 Å². The van der Waals surface area contributed by atoms with Crippen molar-refractivity contribution in [1.29, 1.82) is 0 Å². The highest BCUT2D eigenvalue weighted by Crippen LogP contribution is 2.56. The number of carbonyl (C=O) groups excluding carboxylic acids is 2. The Kier molecular flexibility index (Phi) is 4.69. The number of nitrogens with one attached hydrogen (secondary N) is 1. The van der Waals surface area contributed by atoms with Crippen LogP contribution in [0.3, 0.4) is 0 Å². The van der Waals surface area contributed by atoms with E-state index in [1.54, 1.807) is 48.5 Å². The molecule has 172 valence electrons. The van der Waals surface area contributed by atoms with Crippen LogP contribution in [-0.4, -0.2) is 37.0 Å². The molecule has 0 radical (unpaired) electrons. The molecule has 3 atom stereocenters. The van der Waals surface area contributed by atoms with Crippen molar-refractivity contribution < 1.29 is 23.5 Å². The highest BCUT2D eigenvalue weighted by molar-refractivity contribution is 6.31. The molecule has 6 rings (SSSR count). The van der Waals surface area contributed by atoms with Gasteiger partial charge in [-0.25, -0.2) is 4.39 Å². The van der Waals surface area contributed by atoms with Gasteiger partial charge in [0.25, 0.3) is 0 Å². The third-order valence-electron chi connectivity index (χ3n) is 7.15. The van der Waals surface area contributed by atoms with Crippen LogP contribution in [0.2, 0.25) is 5.02 Å². The summed E-state index contributed by atoms with van der Waals surface area (Å²) in [6.07, 6.45) is 0. The molecule has 1 spiro atoms. The molecule has 1 saturated heterocycles. The van der Waals surface area contributed by atoms with Crippen LogP contribution in [0.15, 0.2) is 60.7 Å². The summed E-state index contributed by atoms with van der Waals surface area (Å²) in [6.45, 7) is 0.515. The number of likely N-dealkylation sites (N-methyl/N-ethyl adjacent to an activating group) is 1. The first-order valence-electron chi connectivity index (χ1n) is 10.9. The van der Waals surface area contributed by atoms with Gasteiger partial charge in [-0.05, 0) is 61.1 Å². The van der Waals surface area contributed by atoms with E-state index in [1.807, 2.05) is 11.9 Å². The summed E-state index contributed by atoms with van der Waals surface area (Å²) < 4.78 is 24.6. The van der Waals surface area contributed by atoms with E-state index >= 15 is 0 Å². The molecule has 3 aliphatic rings. The quantitative estimate of drug-likeness (QED) is 0.558. The van der Waals surface area contributed by atoms with Crippen LogP contribution in [0.25, 0.3) is 0 Å². The van der Waals surface area contributed by atoms with E-state index in [2.05, 4.69) is 5.32 Å². The number of rotatable bonds is 3. The summed E-state index contributed by atoms with van der Waals surface area (Å²) in [5, 5.41) is 3.43. The standard InChI is InChI=1S/C26H20ClFN2O4/c1-30-12-18(14-2-6-17(28)7-3-14)23(24(31)15-4-9-21-22(10-15)34-13-33-21)26(30)19-11-16(27)5-8-20(19)29-25(26)32/h2-11,18,23H,12-13H2,1H3,(H,29,32)/t18-,23+,26+/m1/s1. The zero-order valence-electron chi connectivity index (χ0n) is 18.2. The summed E-state index contributed by atoms with van der Waals surface area (Å²) >= 11 is 6.34. The summed E-state index contributed by atoms with van der Waals surface area (Å²) in [4.78, 5) is 29.8. The van der Waals surface area contributed by atoms with E-state index in [0.29, 0.717) is 39.9 Å². The molecule has 0 bridgehead atoms. The lowest BCUT2D eigenvalue weighted by atomic mass is 9.70. The van der Waals surface area contributed by atoms with Gasteiger partial charge in [-0.15, -0.1) is 0 Å². The second-order valence-electron chi connectivity index (χ2n) is 8.86. The predicted molar refractivity (Wildman–Crippen MR) is 124 cm³/mol. The smallest absolute Gasteiger partial charge is 0.250 e. The number of ether oxygens (including phenoxy) is 2. The molecule has 0 unspecified atom stereocenters. The monoisotopic (exact) mass is 478 g/mol. The molecule has 1 amide bonds. The van der Waals surface area contributed by atoms with Crippen molar-refractivity contribution in [2.45, 2.75) is 11.5 Å². The number of likely N-dealkylation sites (tertiary alicyclic amines) is 1. The minimum Gasteiger partial charge on any atom is -0.454 e. The fraction of sp³-hybridized carbons (Fsp3) is 0.231. The zero-order valence-corrected chi connectivity index (χ0v) is 18.9. The molecule has 6 nitrogen and oxygen atoms in total. The van der Waals surface area contributed by atoms with Crippen LogP contribution >= 0.6 is 11.6 Å². The van der Waals surface area contributed by atoms with E-state index in [9.17, 15) is 14.0 Å². The Balaban J connectivity index is 1.55. The Morgan fingerprint density at radius 1 is 1.09 bits per heavy atom. The second kappa shape index (κ2) is 7.55. The Hall–Kier alpha value is -3.42. The van der Waals surface area contributed by atoms with E-state index < -0.39 is 11.5 Å². The largest absolute Gasteiger partial charge is 0.454 e. The van der Waals surface area contributed by atoms with Crippen molar-refractivity contribution in [1.82, 2.24) is 4.90 Å².